The average Bonchev–Trinajstić information content (AvgIpc) is 2.87. The van der Waals surface area contributed by atoms with Crippen molar-refractivity contribution in [1.29, 1.82) is 21.2 Å². The van der Waals surface area contributed by atoms with Crippen molar-refractivity contribution < 1.29 is 9.47 Å². The lowest BCUT2D eigenvalue weighted by Crippen LogP contribution is -2.59. The molecule has 2 bridgehead atoms. The smallest absolute Gasteiger partial charge is 0.217 e. The third-order valence-electron chi connectivity index (χ3n) is 6.58. The van der Waals surface area contributed by atoms with Crippen LogP contribution >= 0.6 is 23.2 Å². The van der Waals surface area contributed by atoms with Gasteiger partial charge in [-0.05, 0) is 18.9 Å². The second-order valence-corrected chi connectivity index (χ2v) is 8.63. The third kappa shape index (κ3) is 2.39. The number of hydrogen-bond donors (Lipinski definition) is 1. The van der Waals surface area contributed by atoms with Crippen molar-refractivity contribution in [3.63, 3.8) is 0 Å². The highest BCUT2D eigenvalue weighted by molar-refractivity contribution is 6.42. The Morgan fingerprint density at radius 1 is 1.03 bits per heavy atom. The molecule has 3 fully saturated rings. The van der Waals surface area contributed by atoms with E-state index < -0.39 is 28.6 Å². The van der Waals surface area contributed by atoms with Gasteiger partial charge in [0.2, 0.25) is 17.1 Å². The van der Waals surface area contributed by atoms with Gasteiger partial charge in [-0.25, -0.2) is 0 Å². The molecule has 2 heterocycles. The number of ether oxygens (including phenoxy) is 2. The fourth-order valence-corrected chi connectivity index (χ4v) is 5.62. The number of nitrogens with one attached hydrogen (secondary N) is 1. The van der Waals surface area contributed by atoms with E-state index in [1.54, 1.807) is 18.2 Å². The van der Waals surface area contributed by atoms with Gasteiger partial charge < -0.3 is 9.47 Å². The summed E-state index contributed by atoms with van der Waals surface area (Å²) in [5, 5.41) is 39.8. The van der Waals surface area contributed by atoms with E-state index in [0.29, 0.717) is 18.4 Å². The number of hydrogen-bond acceptors (Lipinski definition) is 6. The fourth-order valence-electron chi connectivity index (χ4n) is 5.22. The molecule has 1 aliphatic carbocycles. The molecule has 2 saturated heterocycles. The van der Waals surface area contributed by atoms with Gasteiger partial charge in [0.05, 0.1) is 34.2 Å². The molecule has 1 saturated carbocycles. The molecule has 8 heteroatoms. The first-order valence-corrected chi connectivity index (χ1v) is 10.3. The van der Waals surface area contributed by atoms with E-state index in [1.165, 1.54) is 0 Å². The molecule has 0 aromatic heterocycles. The van der Waals surface area contributed by atoms with Crippen LogP contribution in [-0.4, -0.2) is 11.7 Å². The first kappa shape index (κ1) is 20.0. The van der Waals surface area contributed by atoms with Gasteiger partial charge in [-0.15, -0.1) is 0 Å². The van der Waals surface area contributed by atoms with E-state index in [4.69, 9.17) is 38.1 Å². The zero-order valence-electron chi connectivity index (χ0n) is 15.5. The number of benzene rings is 1. The van der Waals surface area contributed by atoms with Crippen LogP contribution in [0.2, 0.25) is 10.0 Å². The Morgan fingerprint density at radius 2 is 1.76 bits per heavy atom. The van der Waals surface area contributed by atoms with Gasteiger partial charge in [0, 0.05) is 12.0 Å². The molecule has 0 spiro atoms. The summed E-state index contributed by atoms with van der Waals surface area (Å²) in [5.74, 6) is -2.18. The summed E-state index contributed by atoms with van der Waals surface area (Å²) in [6.45, 7) is 0. The number of nitriles is 3. The van der Waals surface area contributed by atoms with Crippen LogP contribution in [0.1, 0.15) is 50.2 Å². The van der Waals surface area contributed by atoms with Crippen molar-refractivity contribution in [1.82, 2.24) is 0 Å². The Morgan fingerprint density at radius 3 is 2.45 bits per heavy atom. The highest BCUT2D eigenvalue weighted by atomic mass is 35.5. The molecule has 1 aromatic rings. The Bertz CT molecular complexity index is 993. The number of rotatable bonds is 1. The Labute approximate surface area is 179 Å². The zero-order chi connectivity index (χ0) is 20.9. The van der Waals surface area contributed by atoms with Gasteiger partial charge >= 0.3 is 0 Å². The van der Waals surface area contributed by atoms with Gasteiger partial charge in [-0.2, -0.15) is 15.8 Å². The molecular weight excluding hydrogens is 411 g/mol. The molecule has 4 rings (SSSR count). The molecule has 3 aliphatic rings. The summed E-state index contributed by atoms with van der Waals surface area (Å²) >= 11 is 12.6. The van der Waals surface area contributed by atoms with Gasteiger partial charge in [-0.1, -0.05) is 54.6 Å². The minimum absolute atomic E-state index is 0.161. The molecule has 0 radical (unpaired) electrons. The average molecular weight is 429 g/mol. The second-order valence-electron chi connectivity index (χ2n) is 7.84. The molecular formula is C21H18Cl2N4O2. The Kier molecular flexibility index (Phi) is 4.75. The highest BCUT2D eigenvalue weighted by Gasteiger charge is 2.80. The van der Waals surface area contributed by atoms with Gasteiger partial charge in [0.25, 0.3) is 0 Å². The van der Waals surface area contributed by atoms with Crippen molar-refractivity contribution in [2.45, 2.75) is 50.4 Å². The van der Waals surface area contributed by atoms with Crippen LogP contribution in [0.5, 0.6) is 0 Å². The predicted octanol–water partition coefficient (Wildman–Crippen LogP) is 5.28. The zero-order valence-corrected chi connectivity index (χ0v) is 17.1. The lowest BCUT2D eigenvalue weighted by molar-refractivity contribution is -0.289. The van der Waals surface area contributed by atoms with Crippen molar-refractivity contribution in [3.8, 4) is 18.2 Å². The number of halogens is 2. The van der Waals surface area contributed by atoms with Crippen molar-refractivity contribution in [2.24, 2.45) is 16.7 Å². The van der Waals surface area contributed by atoms with E-state index in [1.807, 2.05) is 12.1 Å². The van der Waals surface area contributed by atoms with Crippen molar-refractivity contribution in [3.05, 3.63) is 33.8 Å². The van der Waals surface area contributed by atoms with Gasteiger partial charge in [0.1, 0.15) is 6.10 Å². The van der Waals surface area contributed by atoms with Crippen LogP contribution in [-0.2, 0) is 9.47 Å². The topological polar surface area (TPSA) is 114 Å². The van der Waals surface area contributed by atoms with Crippen molar-refractivity contribution in [2.75, 3.05) is 0 Å². The van der Waals surface area contributed by atoms with E-state index in [9.17, 15) is 15.8 Å². The maximum Gasteiger partial charge on any atom is 0.217 e. The number of nitrogens with zero attached hydrogens (tertiary/aromatic N) is 3. The van der Waals surface area contributed by atoms with Crippen LogP contribution in [0, 0.1) is 56.2 Å². The highest BCUT2D eigenvalue weighted by Crippen LogP contribution is 2.69. The van der Waals surface area contributed by atoms with Crippen LogP contribution in [0.3, 0.4) is 0 Å². The van der Waals surface area contributed by atoms with Crippen LogP contribution in [0.4, 0.5) is 0 Å². The lowest BCUT2D eigenvalue weighted by atomic mass is 9.52. The monoisotopic (exact) mass is 428 g/mol. The van der Waals surface area contributed by atoms with Crippen LogP contribution < -0.4 is 0 Å². The maximum absolute atomic E-state index is 10.3. The fraction of sp³-hybridized carbons (Fsp3) is 0.524. The standard InChI is InChI=1S/C21H18Cl2N4O2/c22-14-7-5-6-13(16(14)23)17-19(10-24,11-25)20(12-26)15-8-3-1-2-4-9-21(15,28-17)29-18(20)27/h5-7,15,17,27H,1-4,8-9H2. The Hall–Kier alpha value is -2.30. The Balaban J connectivity index is 2.02. The maximum atomic E-state index is 10.3. The van der Waals surface area contributed by atoms with E-state index >= 15 is 0 Å². The quantitative estimate of drug-likeness (QED) is 0.652. The third-order valence-corrected chi connectivity index (χ3v) is 7.41. The molecule has 0 amide bonds. The molecule has 4 unspecified atom stereocenters. The summed E-state index contributed by atoms with van der Waals surface area (Å²) in [7, 11) is 0. The SMILES string of the molecule is N#CC1(C#N)C(c2cccc(Cl)c2Cl)OC23CCCCCCC2C1(C#N)C(=N)O3. The van der Waals surface area contributed by atoms with Crippen molar-refractivity contribution >= 4 is 29.1 Å². The molecule has 1 N–H and O–H groups in total. The van der Waals surface area contributed by atoms with Crippen LogP contribution in [0.15, 0.2) is 18.2 Å². The van der Waals surface area contributed by atoms with E-state index in [2.05, 4.69) is 6.07 Å². The first-order chi connectivity index (χ1) is 13.9. The summed E-state index contributed by atoms with van der Waals surface area (Å²) < 4.78 is 12.4. The first-order valence-electron chi connectivity index (χ1n) is 9.56. The van der Waals surface area contributed by atoms with Gasteiger partial charge in [-0.3, -0.25) is 5.41 Å². The predicted molar refractivity (Wildman–Crippen MR) is 105 cm³/mol. The minimum atomic E-state index is -2.00. The van der Waals surface area contributed by atoms with Gasteiger partial charge in [0.15, 0.2) is 5.41 Å². The van der Waals surface area contributed by atoms with Crippen LogP contribution in [0.25, 0.3) is 0 Å². The summed E-state index contributed by atoms with van der Waals surface area (Å²) in [6, 6.07) is 11.2. The lowest BCUT2D eigenvalue weighted by Gasteiger charge is -2.50. The molecule has 6 nitrogen and oxygen atoms in total. The second kappa shape index (κ2) is 6.89. The van der Waals surface area contributed by atoms with E-state index in [0.717, 1.165) is 25.7 Å². The molecule has 2 aliphatic heterocycles. The molecule has 148 valence electrons. The molecule has 1 aromatic carbocycles. The summed E-state index contributed by atoms with van der Waals surface area (Å²) in [5.41, 5.74) is -3.40. The summed E-state index contributed by atoms with van der Waals surface area (Å²) in [4.78, 5) is 0. The largest absolute Gasteiger partial charge is 0.447 e. The molecule has 4 atom stereocenters. The minimum Gasteiger partial charge on any atom is -0.447 e. The molecule has 29 heavy (non-hydrogen) atoms. The van der Waals surface area contributed by atoms with E-state index in [-0.39, 0.29) is 15.9 Å². The summed E-state index contributed by atoms with van der Waals surface area (Å²) in [6.07, 6.45) is 3.41. The normalized spacial score (nSPS) is 35.1.